The van der Waals surface area contributed by atoms with Crippen molar-refractivity contribution in [2.24, 2.45) is 11.8 Å². The topological polar surface area (TPSA) is 3.24 Å². The Kier molecular flexibility index (Phi) is 8.23. The number of hydrogen-bond acceptors (Lipinski definition) is 1. The van der Waals surface area contributed by atoms with E-state index in [1.54, 1.807) is 5.56 Å². The number of benzene rings is 10. The van der Waals surface area contributed by atoms with Crippen molar-refractivity contribution in [3.8, 4) is 66.8 Å². The molecule has 1 heteroatoms. The molecule has 1 nitrogen and oxygen atoms in total. The summed E-state index contributed by atoms with van der Waals surface area (Å²) < 4.78 is 0. The van der Waals surface area contributed by atoms with Gasteiger partial charge in [-0.3, -0.25) is 0 Å². The van der Waals surface area contributed by atoms with Gasteiger partial charge in [-0.15, -0.1) is 0 Å². The summed E-state index contributed by atoms with van der Waals surface area (Å²) in [7, 11) is 0. The van der Waals surface area contributed by atoms with Gasteiger partial charge in [0.25, 0.3) is 0 Å². The third-order valence-electron chi connectivity index (χ3n) is 18.8. The molecule has 0 radical (unpaired) electrons. The minimum absolute atomic E-state index is 0.0680. The Morgan fingerprint density at radius 1 is 0.347 bits per heavy atom. The second kappa shape index (κ2) is 14.6. The smallest absolute Gasteiger partial charge is 0.0726 e. The SMILES string of the molecule is CC1(C)c2ccccc2-c2cccc(-c3ccccc3-c3ccc(N(c4ccc5c(c4)C4(c6ccccc6-c6ccccc64)c4ccccc4-5)c4ccc5c(c4)C4(CC6CCC4C6)c4ccccc4-5)cc3)c21. The summed E-state index contributed by atoms with van der Waals surface area (Å²) >= 11 is 0. The minimum atomic E-state index is -0.436. The van der Waals surface area contributed by atoms with Gasteiger partial charge < -0.3 is 4.90 Å². The van der Waals surface area contributed by atoms with Gasteiger partial charge in [0.05, 0.1) is 5.41 Å². The maximum absolute atomic E-state index is 2.62. The van der Waals surface area contributed by atoms with E-state index in [4.69, 9.17) is 0 Å². The number of anilines is 3. The zero-order valence-corrected chi connectivity index (χ0v) is 40.8. The van der Waals surface area contributed by atoms with Crippen molar-refractivity contribution in [2.75, 3.05) is 4.90 Å². The van der Waals surface area contributed by atoms with Crippen molar-refractivity contribution in [1.29, 1.82) is 0 Å². The lowest BCUT2D eigenvalue weighted by Gasteiger charge is -2.37. The van der Waals surface area contributed by atoms with E-state index in [0.29, 0.717) is 5.92 Å². The van der Waals surface area contributed by atoms with Gasteiger partial charge in [0.1, 0.15) is 0 Å². The summed E-state index contributed by atoms with van der Waals surface area (Å²) in [5, 5.41) is 0. The Balaban J connectivity index is 0.891. The van der Waals surface area contributed by atoms with Crippen LogP contribution in [-0.4, -0.2) is 0 Å². The molecule has 2 saturated carbocycles. The van der Waals surface area contributed by atoms with Gasteiger partial charge in [0, 0.05) is 27.9 Å². The number of fused-ring (bicyclic) bond motifs is 21. The first-order chi connectivity index (χ1) is 35.4. The fourth-order valence-electron chi connectivity index (χ4n) is 16.0. The van der Waals surface area contributed by atoms with Gasteiger partial charge in [-0.05, 0) is 179 Å². The molecule has 3 atom stereocenters. The van der Waals surface area contributed by atoms with Gasteiger partial charge in [0.15, 0.2) is 0 Å². The van der Waals surface area contributed by atoms with Crippen LogP contribution in [0.2, 0.25) is 0 Å². The summed E-state index contributed by atoms with van der Waals surface area (Å²) in [5.41, 5.74) is 30.4. The Morgan fingerprint density at radius 3 is 1.35 bits per heavy atom. The van der Waals surface area contributed by atoms with Crippen LogP contribution < -0.4 is 4.90 Å². The summed E-state index contributed by atoms with van der Waals surface area (Å²) in [5.74, 6) is 1.48. The summed E-state index contributed by atoms with van der Waals surface area (Å²) in [4.78, 5) is 2.58. The Labute approximate surface area is 423 Å². The van der Waals surface area contributed by atoms with Crippen LogP contribution in [-0.2, 0) is 16.2 Å². The van der Waals surface area contributed by atoms with Crippen molar-refractivity contribution in [3.63, 3.8) is 0 Å². The summed E-state index contributed by atoms with van der Waals surface area (Å²) in [6.07, 6.45) is 5.29. The first-order valence-corrected chi connectivity index (χ1v) is 26.4. The number of rotatable bonds is 5. The molecule has 3 unspecified atom stereocenters. The lowest BCUT2D eigenvalue weighted by atomic mass is 9.67. The fraction of sp³-hybridized carbons (Fsp3) is 0.155. The molecule has 2 fully saturated rings. The van der Waals surface area contributed by atoms with E-state index in [0.717, 1.165) is 11.6 Å². The van der Waals surface area contributed by atoms with Gasteiger partial charge in [0.2, 0.25) is 0 Å². The normalized spacial score (nSPS) is 19.9. The zero-order valence-electron chi connectivity index (χ0n) is 40.8. The largest absolute Gasteiger partial charge is 0.310 e. The van der Waals surface area contributed by atoms with E-state index < -0.39 is 5.41 Å². The highest BCUT2D eigenvalue weighted by Gasteiger charge is 2.57. The highest BCUT2D eigenvalue weighted by molar-refractivity contribution is 5.98. The van der Waals surface area contributed by atoms with Crippen molar-refractivity contribution < 1.29 is 0 Å². The van der Waals surface area contributed by atoms with Crippen LogP contribution in [0.1, 0.15) is 84.0 Å². The molecule has 0 aliphatic heterocycles. The fourth-order valence-corrected chi connectivity index (χ4v) is 16.0. The van der Waals surface area contributed by atoms with E-state index in [1.807, 2.05) is 0 Å². The number of hydrogen-bond donors (Lipinski definition) is 0. The minimum Gasteiger partial charge on any atom is -0.310 e. The van der Waals surface area contributed by atoms with Crippen LogP contribution in [0.25, 0.3) is 66.8 Å². The Morgan fingerprint density at radius 2 is 0.778 bits per heavy atom. The lowest BCUT2D eigenvalue weighted by molar-refractivity contribution is 0.327. The number of nitrogens with zero attached hydrogens (tertiary/aromatic N) is 1. The highest BCUT2D eigenvalue weighted by Crippen LogP contribution is 2.67. The second-order valence-electron chi connectivity index (χ2n) is 22.3. The zero-order chi connectivity index (χ0) is 47.5. The molecule has 342 valence electrons. The van der Waals surface area contributed by atoms with E-state index in [9.17, 15) is 0 Å². The van der Waals surface area contributed by atoms with Crippen LogP contribution in [0.3, 0.4) is 0 Å². The van der Waals surface area contributed by atoms with Crippen LogP contribution in [0, 0.1) is 11.8 Å². The molecule has 2 bridgehead atoms. The van der Waals surface area contributed by atoms with Gasteiger partial charge in [-0.2, -0.15) is 0 Å². The van der Waals surface area contributed by atoms with Crippen LogP contribution >= 0.6 is 0 Å². The average Bonchev–Trinajstić information content (AvgIpc) is 4.28. The molecular formula is C71H53N. The second-order valence-corrected chi connectivity index (χ2v) is 22.3. The predicted octanol–water partition coefficient (Wildman–Crippen LogP) is 18.2. The lowest BCUT2D eigenvalue weighted by Crippen LogP contribution is -2.32. The van der Waals surface area contributed by atoms with Crippen LogP contribution in [0.5, 0.6) is 0 Å². The van der Waals surface area contributed by atoms with Crippen molar-refractivity contribution in [3.05, 3.63) is 269 Å². The van der Waals surface area contributed by atoms with Gasteiger partial charge in [-0.25, -0.2) is 0 Å². The molecule has 0 aromatic heterocycles. The Bertz CT molecular complexity index is 3880. The van der Waals surface area contributed by atoms with Gasteiger partial charge in [-0.1, -0.05) is 208 Å². The maximum Gasteiger partial charge on any atom is 0.0726 e. The molecule has 10 aromatic rings. The molecule has 72 heavy (non-hydrogen) atoms. The molecule has 16 rings (SSSR count). The molecule has 6 aliphatic rings. The molecule has 0 N–H and O–H groups in total. The van der Waals surface area contributed by atoms with Crippen LogP contribution in [0.4, 0.5) is 17.1 Å². The van der Waals surface area contributed by atoms with E-state index in [1.165, 1.54) is 143 Å². The van der Waals surface area contributed by atoms with Gasteiger partial charge >= 0.3 is 0 Å². The standard InChI is InChI=1S/C71H53N/c1-69(2)61-25-10-5-22-56(61)60-24-15-23-59(68(60)69)51-17-4-3-16-50(51)45-31-34-47(35-32-45)72(48-36-38-57-52-18-6-11-26-62(52)70(66(57)41-48)43-44-30-33-46(70)40-44)49-37-39-58-55-21-9-14-29-65(55)71(67(58)42-49)63-27-12-7-19-53(63)54-20-8-13-28-64(54)71/h3-29,31-32,34-39,41-42,44,46H,30,33,40,43H2,1-2H3. The molecule has 0 amide bonds. The Hall–Kier alpha value is -8.00. The van der Waals surface area contributed by atoms with E-state index in [-0.39, 0.29) is 10.8 Å². The average molecular weight is 920 g/mol. The first-order valence-electron chi connectivity index (χ1n) is 26.4. The molecular weight excluding hydrogens is 867 g/mol. The molecule has 0 heterocycles. The van der Waals surface area contributed by atoms with E-state index >= 15 is 0 Å². The quantitative estimate of drug-likeness (QED) is 0.166. The third-order valence-corrected chi connectivity index (χ3v) is 18.8. The van der Waals surface area contributed by atoms with Crippen molar-refractivity contribution in [2.45, 2.75) is 55.8 Å². The molecule has 6 aliphatic carbocycles. The van der Waals surface area contributed by atoms with Crippen LogP contribution in [0.15, 0.2) is 224 Å². The van der Waals surface area contributed by atoms with Crippen molar-refractivity contribution in [1.82, 2.24) is 0 Å². The first kappa shape index (κ1) is 40.7. The third kappa shape index (κ3) is 5.13. The maximum atomic E-state index is 2.62. The monoisotopic (exact) mass is 919 g/mol. The van der Waals surface area contributed by atoms with Crippen molar-refractivity contribution >= 4 is 17.1 Å². The summed E-state index contributed by atoms with van der Waals surface area (Å²) in [6, 6.07) is 86.3. The molecule has 10 aromatic carbocycles. The highest BCUT2D eigenvalue weighted by atomic mass is 15.1. The van der Waals surface area contributed by atoms with E-state index in [2.05, 4.69) is 243 Å². The molecule has 2 spiro atoms. The predicted molar refractivity (Wildman–Crippen MR) is 298 cm³/mol. The molecule has 0 saturated heterocycles. The summed E-state index contributed by atoms with van der Waals surface area (Å²) in [6.45, 7) is 4.79.